The third kappa shape index (κ3) is 3.25. The van der Waals surface area contributed by atoms with Gasteiger partial charge in [-0.25, -0.2) is 0 Å². The molecular formula is C13H21N. The highest BCUT2D eigenvalue weighted by molar-refractivity contribution is 5.39. The first-order chi connectivity index (χ1) is 6.58. The van der Waals surface area contributed by atoms with Gasteiger partial charge in [-0.15, -0.1) is 0 Å². The Morgan fingerprint density at radius 3 is 2.00 bits per heavy atom. The summed E-state index contributed by atoms with van der Waals surface area (Å²) in [5.74, 6) is 0. The fourth-order valence-corrected chi connectivity index (χ4v) is 1.27. The van der Waals surface area contributed by atoms with E-state index in [0.29, 0.717) is 0 Å². The van der Waals surface area contributed by atoms with E-state index in [0.717, 1.165) is 5.70 Å². The summed E-state index contributed by atoms with van der Waals surface area (Å²) >= 11 is 0. The molecule has 1 nitrogen and oxygen atoms in total. The van der Waals surface area contributed by atoms with E-state index in [2.05, 4.69) is 29.7 Å². The summed E-state index contributed by atoms with van der Waals surface area (Å²) in [7, 11) is 2.03. The van der Waals surface area contributed by atoms with E-state index in [1.165, 1.54) is 11.3 Å². The lowest BCUT2D eigenvalue weighted by atomic mass is 10.1. The van der Waals surface area contributed by atoms with Crippen LogP contribution in [0.25, 0.3) is 0 Å². The zero-order valence-electron chi connectivity index (χ0n) is 9.96. The molecule has 0 rings (SSSR count). The molecule has 0 heterocycles. The SMILES string of the molecule is C=C(C)N(C)C(=C\C)/C(/C=C\C)=C/C. The van der Waals surface area contributed by atoms with Crippen LogP contribution in [0, 0.1) is 0 Å². The highest BCUT2D eigenvalue weighted by Crippen LogP contribution is 2.18. The van der Waals surface area contributed by atoms with Crippen LogP contribution in [0.3, 0.4) is 0 Å². The summed E-state index contributed by atoms with van der Waals surface area (Å²) in [4.78, 5) is 2.09. The van der Waals surface area contributed by atoms with E-state index in [1.54, 1.807) is 0 Å². The molecule has 0 aliphatic carbocycles. The van der Waals surface area contributed by atoms with Gasteiger partial charge in [-0.2, -0.15) is 0 Å². The maximum Gasteiger partial charge on any atom is 0.0432 e. The van der Waals surface area contributed by atoms with Gasteiger partial charge in [0.1, 0.15) is 0 Å². The third-order valence-electron chi connectivity index (χ3n) is 2.16. The molecule has 0 aliphatic rings. The van der Waals surface area contributed by atoms with Gasteiger partial charge in [-0.3, -0.25) is 0 Å². The molecule has 14 heavy (non-hydrogen) atoms. The van der Waals surface area contributed by atoms with E-state index < -0.39 is 0 Å². The molecule has 0 fully saturated rings. The molecule has 0 saturated heterocycles. The molecule has 0 radical (unpaired) electrons. The van der Waals surface area contributed by atoms with Crippen molar-refractivity contribution in [2.45, 2.75) is 27.7 Å². The molecule has 0 bridgehead atoms. The van der Waals surface area contributed by atoms with Crippen molar-refractivity contribution in [2.75, 3.05) is 7.05 Å². The minimum atomic E-state index is 1.04. The van der Waals surface area contributed by atoms with Gasteiger partial charge in [0.15, 0.2) is 0 Å². The molecule has 0 aromatic heterocycles. The Kier molecular flexibility index (Phi) is 5.70. The summed E-state index contributed by atoms with van der Waals surface area (Å²) in [6, 6.07) is 0. The molecule has 0 atom stereocenters. The average molecular weight is 191 g/mol. The highest BCUT2D eigenvalue weighted by Gasteiger charge is 2.06. The minimum absolute atomic E-state index is 1.04. The maximum absolute atomic E-state index is 3.93. The molecule has 0 N–H and O–H groups in total. The second kappa shape index (κ2) is 6.25. The number of nitrogens with zero attached hydrogens (tertiary/aromatic N) is 1. The van der Waals surface area contributed by atoms with Gasteiger partial charge >= 0.3 is 0 Å². The summed E-state index contributed by atoms with van der Waals surface area (Å²) in [5, 5.41) is 0. The smallest absolute Gasteiger partial charge is 0.0432 e. The average Bonchev–Trinajstić information content (AvgIpc) is 2.17. The molecule has 0 unspecified atom stereocenters. The fraction of sp³-hybridized carbons (Fsp3) is 0.385. The van der Waals surface area contributed by atoms with Gasteiger partial charge in [0.2, 0.25) is 0 Å². The largest absolute Gasteiger partial charge is 0.349 e. The summed E-state index contributed by atoms with van der Waals surface area (Å²) in [5.41, 5.74) is 3.46. The van der Waals surface area contributed by atoms with Crippen molar-refractivity contribution < 1.29 is 0 Å². The van der Waals surface area contributed by atoms with Crippen LogP contribution in [0.15, 0.2) is 47.9 Å². The van der Waals surface area contributed by atoms with Gasteiger partial charge in [-0.05, 0) is 33.3 Å². The summed E-state index contributed by atoms with van der Waals surface area (Å²) in [6.07, 6.45) is 8.36. The van der Waals surface area contributed by atoms with Crippen molar-refractivity contribution in [3.05, 3.63) is 47.9 Å². The molecule has 0 aromatic rings. The molecule has 0 saturated carbocycles. The number of hydrogen-bond acceptors (Lipinski definition) is 1. The second-order valence-electron chi connectivity index (χ2n) is 3.21. The van der Waals surface area contributed by atoms with Crippen LogP contribution < -0.4 is 0 Å². The van der Waals surface area contributed by atoms with Gasteiger partial charge in [0, 0.05) is 18.4 Å². The van der Waals surface area contributed by atoms with E-state index in [-0.39, 0.29) is 0 Å². The minimum Gasteiger partial charge on any atom is -0.349 e. The predicted octanol–water partition coefficient (Wildman–Crippen LogP) is 3.88. The normalized spacial score (nSPS) is 13.5. The van der Waals surface area contributed by atoms with Crippen molar-refractivity contribution in [2.24, 2.45) is 0 Å². The monoisotopic (exact) mass is 191 g/mol. The number of likely N-dealkylation sites (N-methyl/N-ethyl adjacent to an activating group) is 1. The Morgan fingerprint density at radius 2 is 1.71 bits per heavy atom. The Hall–Kier alpha value is -1.24. The lowest BCUT2D eigenvalue weighted by Crippen LogP contribution is -2.15. The van der Waals surface area contributed by atoms with Gasteiger partial charge in [0.25, 0.3) is 0 Å². The van der Waals surface area contributed by atoms with E-state index in [1.807, 2.05) is 40.8 Å². The Morgan fingerprint density at radius 1 is 1.14 bits per heavy atom. The summed E-state index contributed by atoms with van der Waals surface area (Å²) < 4.78 is 0. The predicted molar refractivity (Wildman–Crippen MR) is 64.9 cm³/mol. The maximum atomic E-state index is 3.93. The summed E-state index contributed by atoms with van der Waals surface area (Å²) in [6.45, 7) is 12.1. The van der Waals surface area contributed by atoms with E-state index in [4.69, 9.17) is 0 Å². The van der Waals surface area contributed by atoms with Crippen LogP contribution >= 0.6 is 0 Å². The standard InChI is InChI=1S/C13H21N/c1-7-10-12(8-2)13(9-3)14(6)11(4)5/h7-10H,4H2,1-3,5-6H3/b10-7-,12-8+,13-9-. The van der Waals surface area contributed by atoms with Crippen molar-refractivity contribution in [3.63, 3.8) is 0 Å². The first-order valence-corrected chi connectivity index (χ1v) is 4.93. The molecule has 0 aromatic carbocycles. The van der Waals surface area contributed by atoms with Crippen LogP contribution in [-0.2, 0) is 0 Å². The Balaban J connectivity index is 5.00. The van der Waals surface area contributed by atoms with E-state index in [9.17, 15) is 0 Å². The van der Waals surface area contributed by atoms with Crippen molar-refractivity contribution in [3.8, 4) is 0 Å². The van der Waals surface area contributed by atoms with Crippen LogP contribution in [0.1, 0.15) is 27.7 Å². The van der Waals surface area contributed by atoms with Crippen LogP contribution in [-0.4, -0.2) is 11.9 Å². The second-order valence-corrected chi connectivity index (χ2v) is 3.21. The molecule has 0 amide bonds. The zero-order chi connectivity index (χ0) is 11.1. The van der Waals surface area contributed by atoms with Gasteiger partial charge < -0.3 is 4.90 Å². The number of allylic oxidation sites excluding steroid dienone is 5. The first-order valence-electron chi connectivity index (χ1n) is 4.93. The highest BCUT2D eigenvalue weighted by atomic mass is 15.1. The molecule has 1 heteroatoms. The third-order valence-corrected chi connectivity index (χ3v) is 2.16. The van der Waals surface area contributed by atoms with Crippen molar-refractivity contribution in [1.29, 1.82) is 0 Å². The topological polar surface area (TPSA) is 3.24 Å². The lowest BCUT2D eigenvalue weighted by molar-refractivity contribution is 0.533. The fourth-order valence-electron chi connectivity index (χ4n) is 1.27. The first kappa shape index (κ1) is 12.8. The van der Waals surface area contributed by atoms with E-state index >= 15 is 0 Å². The molecular weight excluding hydrogens is 170 g/mol. The quantitative estimate of drug-likeness (QED) is 0.610. The number of rotatable bonds is 4. The van der Waals surface area contributed by atoms with Gasteiger partial charge in [-0.1, -0.05) is 30.9 Å². The van der Waals surface area contributed by atoms with Gasteiger partial charge in [0.05, 0.1) is 0 Å². The zero-order valence-corrected chi connectivity index (χ0v) is 9.96. The molecule has 78 valence electrons. The van der Waals surface area contributed by atoms with Crippen LogP contribution in [0.5, 0.6) is 0 Å². The van der Waals surface area contributed by atoms with Crippen LogP contribution in [0.2, 0.25) is 0 Å². The van der Waals surface area contributed by atoms with Crippen LogP contribution in [0.4, 0.5) is 0 Å². The van der Waals surface area contributed by atoms with Crippen molar-refractivity contribution in [1.82, 2.24) is 4.90 Å². The lowest BCUT2D eigenvalue weighted by Gasteiger charge is -2.23. The van der Waals surface area contributed by atoms with Crippen molar-refractivity contribution >= 4 is 0 Å². The molecule has 0 spiro atoms. The Labute approximate surface area is 88.1 Å². The molecule has 0 aliphatic heterocycles. The number of hydrogen-bond donors (Lipinski definition) is 0. The Bertz CT molecular complexity index is 280.